The summed E-state index contributed by atoms with van der Waals surface area (Å²) in [5, 5.41) is 11.3. The summed E-state index contributed by atoms with van der Waals surface area (Å²) in [6.45, 7) is 0. The topological polar surface area (TPSA) is 73.3 Å². The highest BCUT2D eigenvalue weighted by molar-refractivity contribution is 9.12. The fourth-order valence-corrected chi connectivity index (χ4v) is 4.42. The van der Waals surface area contributed by atoms with Crippen LogP contribution in [-0.4, -0.2) is 4.92 Å². The Balaban J connectivity index is 2.01. The van der Waals surface area contributed by atoms with Gasteiger partial charge in [0.15, 0.2) is 0 Å². The van der Waals surface area contributed by atoms with Crippen LogP contribution in [0.1, 0.15) is 21.0 Å². The van der Waals surface area contributed by atoms with Gasteiger partial charge in [0, 0.05) is 12.1 Å². The standard InChI is InChI=1S/C17H10Br3NO4/c18-13(9-5-7-10(8-6-9)21(23)24)14(19)17-15(20)16(22)11-3-1-2-4-12(11)25-17/h1-8,13-14H/t13-,14-/m1/s1. The van der Waals surface area contributed by atoms with Crippen LogP contribution in [0.4, 0.5) is 5.69 Å². The van der Waals surface area contributed by atoms with Gasteiger partial charge in [-0.05, 0) is 33.6 Å². The first-order chi connectivity index (χ1) is 11.9. The van der Waals surface area contributed by atoms with E-state index in [1.165, 1.54) is 12.1 Å². The van der Waals surface area contributed by atoms with Crippen LogP contribution in [0.3, 0.4) is 0 Å². The Labute approximate surface area is 167 Å². The van der Waals surface area contributed by atoms with Crippen molar-refractivity contribution in [3.63, 3.8) is 0 Å². The van der Waals surface area contributed by atoms with Gasteiger partial charge < -0.3 is 4.42 Å². The molecule has 0 radical (unpaired) electrons. The summed E-state index contributed by atoms with van der Waals surface area (Å²) in [6.07, 6.45) is 0. The van der Waals surface area contributed by atoms with Gasteiger partial charge in [-0.2, -0.15) is 0 Å². The molecular formula is C17H10Br3NO4. The molecule has 25 heavy (non-hydrogen) atoms. The van der Waals surface area contributed by atoms with E-state index in [0.29, 0.717) is 21.2 Å². The highest BCUT2D eigenvalue weighted by Gasteiger charge is 2.26. The third kappa shape index (κ3) is 3.56. The summed E-state index contributed by atoms with van der Waals surface area (Å²) in [6, 6.07) is 13.2. The lowest BCUT2D eigenvalue weighted by atomic mass is 10.1. The molecule has 0 aliphatic carbocycles. The van der Waals surface area contributed by atoms with Crippen molar-refractivity contribution >= 4 is 64.4 Å². The third-order valence-corrected chi connectivity index (χ3v) is 7.16. The largest absolute Gasteiger partial charge is 0.458 e. The quantitative estimate of drug-likeness (QED) is 0.234. The number of halogens is 3. The zero-order valence-corrected chi connectivity index (χ0v) is 17.2. The molecule has 128 valence electrons. The van der Waals surface area contributed by atoms with Gasteiger partial charge in [-0.15, -0.1) is 0 Å². The maximum atomic E-state index is 12.5. The number of rotatable bonds is 4. The molecule has 1 heterocycles. The van der Waals surface area contributed by atoms with E-state index >= 15 is 0 Å². The van der Waals surface area contributed by atoms with Gasteiger partial charge in [0.2, 0.25) is 5.43 Å². The summed E-state index contributed by atoms with van der Waals surface area (Å²) in [4.78, 5) is 22.2. The Morgan fingerprint density at radius 3 is 2.28 bits per heavy atom. The monoisotopic (exact) mass is 529 g/mol. The summed E-state index contributed by atoms with van der Waals surface area (Å²) >= 11 is 10.5. The van der Waals surface area contributed by atoms with Crippen LogP contribution in [-0.2, 0) is 0 Å². The second kappa shape index (κ2) is 7.39. The molecule has 0 aliphatic heterocycles. The molecule has 0 aliphatic rings. The Bertz CT molecular complexity index is 1000. The van der Waals surface area contributed by atoms with Crippen molar-refractivity contribution in [2.45, 2.75) is 9.65 Å². The number of nitro groups is 1. The average Bonchev–Trinajstić information content (AvgIpc) is 2.63. The Morgan fingerprint density at radius 1 is 1.00 bits per heavy atom. The van der Waals surface area contributed by atoms with Crippen molar-refractivity contribution < 1.29 is 9.34 Å². The number of alkyl halides is 2. The zero-order valence-electron chi connectivity index (χ0n) is 12.5. The molecule has 2 atom stereocenters. The lowest BCUT2D eigenvalue weighted by Gasteiger charge is -2.18. The molecule has 0 N–H and O–H groups in total. The molecule has 0 amide bonds. The molecule has 0 unspecified atom stereocenters. The number of non-ortho nitro benzene ring substituents is 1. The molecular weight excluding hydrogens is 522 g/mol. The molecule has 5 nitrogen and oxygen atoms in total. The van der Waals surface area contributed by atoms with Crippen molar-refractivity contribution in [2.24, 2.45) is 0 Å². The van der Waals surface area contributed by atoms with Crippen LogP contribution >= 0.6 is 47.8 Å². The van der Waals surface area contributed by atoms with E-state index < -0.39 is 4.92 Å². The van der Waals surface area contributed by atoms with Crippen molar-refractivity contribution in [3.05, 3.63) is 84.7 Å². The summed E-state index contributed by atoms with van der Waals surface area (Å²) in [5.41, 5.74) is 1.19. The van der Waals surface area contributed by atoms with E-state index in [1.54, 1.807) is 36.4 Å². The van der Waals surface area contributed by atoms with Crippen LogP contribution < -0.4 is 5.43 Å². The minimum absolute atomic E-state index is 0.0213. The number of nitrogens with zero attached hydrogens (tertiary/aromatic N) is 1. The van der Waals surface area contributed by atoms with Crippen LogP contribution in [0.2, 0.25) is 0 Å². The minimum Gasteiger partial charge on any atom is -0.458 e. The first kappa shape index (κ1) is 18.3. The van der Waals surface area contributed by atoms with Gasteiger partial charge in [0.25, 0.3) is 5.69 Å². The van der Waals surface area contributed by atoms with Crippen molar-refractivity contribution in [1.29, 1.82) is 0 Å². The lowest BCUT2D eigenvalue weighted by molar-refractivity contribution is -0.384. The molecule has 2 aromatic carbocycles. The molecule has 0 bridgehead atoms. The Hall–Kier alpha value is -1.51. The second-order valence-electron chi connectivity index (χ2n) is 5.26. The second-order valence-corrected chi connectivity index (χ2v) is 8.02. The highest BCUT2D eigenvalue weighted by atomic mass is 79.9. The molecule has 3 aromatic rings. The smallest absolute Gasteiger partial charge is 0.269 e. The van der Waals surface area contributed by atoms with E-state index in [4.69, 9.17) is 4.42 Å². The van der Waals surface area contributed by atoms with E-state index in [1.807, 2.05) is 0 Å². The predicted octanol–water partition coefficient (Wildman–Crippen LogP) is 6.04. The van der Waals surface area contributed by atoms with Gasteiger partial charge >= 0.3 is 0 Å². The summed E-state index contributed by atoms with van der Waals surface area (Å²) < 4.78 is 6.25. The first-order valence-electron chi connectivity index (χ1n) is 7.14. The van der Waals surface area contributed by atoms with Crippen molar-refractivity contribution in [1.82, 2.24) is 0 Å². The molecule has 0 spiro atoms. The lowest BCUT2D eigenvalue weighted by Crippen LogP contribution is -2.09. The van der Waals surface area contributed by atoms with Gasteiger partial charge in [0.05, 0.1) is 20.0 Å². The van der Waals surface area contributed by atoms with Crippen LogP contribution in [0.15, 0.2) is 62.2 Å². The average molecular weight is 532 g/mol. The number of hydrogen-bond donors (Lipinski definition) is 0. The fourth-order valence-electron chi connectivity index (χ4n) is 2.40. The number of hydrogen-bond acceptors (Lipinski definition) is 4. The molecule has 0 saturated heterocycles. The van der Waals surface area contributed by atoms with Crippen molar-refractivity contribution in [2.75, 3.05) is 0 Å². The maximum absolute atomic E-state index is 12.5. The van der Waals surface area contributed by atoms with E-state index in [2.05, 4.69) is 47.8 Å². The van der Waals surface area contributed by atoms with Gasteiger partial charge in [-0.25, -0.2) is 0 Å². The Kier molecular flexibility index (Phi) is 5.41. The third-order valence-electron chi connectivity index (χ3n) is 3.70. The maximum Gasteiger partial charge on any atom is 0.269 e. The molecule has 0 saturated carbocycles. The van der Waals surface area contributed by atoms with Crippen LogP contribution in [0.25, 0.3) is 11.0 Å². The van der Waals surface area contributed by atoms with E-state index in [0.717, 1.165) is 5.56 Å². The number of benzene rings is 2. The number of para-hydroxylation sites is 1. The fraction of sp³-hybridized carbons (Fsp3) is 0.118. The first-order valence-corrected chi connectivity index (χ1v) is 9.76. The van der Waals surface area contributed by atoms with Gasteiger partial charge in [-0.3, -0.25) is 14.9 Å². The highest BCUT2D eigenvalue weighted by Crippen LogP contribution is 2.44. The SMILES string of the molecule is O=c1c(Br)c([C@H](Br)[C@H](Br)c2ccc([N+](=O)[O-])cc2)oc2ccccc12. The van der Waals surface area contributed by atoms with Crippen LogP contribution in [0.5, 0.6) is 0 Å². The molecule has 3 rings (SSSR count). The summed E-state index contributed by atoms with van der Waals surface area (Å²) in [5.74, 6) is 0.448. The van der Waals surface area contributed by atoms with Crippen molar-refractivity contribution in [3.8, 4) is 0 Å². The van der Waals surface area contributed by atoms with Gasteiger partial charge in [-0.1, -0.05) is 56.1 Å². The molecule has 0 fully saturated rings. The summed E-state index contributed by atoms with van der Waals surface area (Å²) in [7, 11) is 0. The Morgan fingerprint density at radius 2 is 1.64 bits per heavy atom. The number of nitro benzene ring substituents is 1. The predicted molar refractivity (Wildman–Crippen MR) is 107 cm³/mol. The van der Waals surface area contributed by atoms with Crippen LogP contribution in [0, 0.1) is 10.1 Å². The van der Waals surface area contributed by atoms with Gasteiger partial charge in [0.1, 0.15) is 15.8 Å². The number of fused-ring (bicyclic) bond motifs is 1. The minimum atomic E-state index is -0.447. The van der Waals surface area contributed by atoms with E-state index in [-0.39, 0.29) is 20.8 Å². The zero-order chi connectivity index (χ0) is 18.1. The molecule has 8 heteroatoms. The molecule has 1 aromatic heterocycles. The van der Waals surface area contributed by atoms with E-state index in [9.17, 15) is 14.9 Å². The normalized spacial score (nSPS) is 13.6.